The summed E-state index contributed by atoms with van der Waals surface area (Å²) in [6.07, 6.45) is 0.774. The van der Waals surface area contributed by atoms with Gasteiger partial charge in [0.15, 0.2) is 0 Å². The zero-order valence-electron chi connectivity index (χ0n) is 15.3. The van der Waals surface area contributed by atoms with Gasteiger partial charge in [-0.05, 0) is 42.3 Å². The summed E-state index contributed by atoms with van der Waals surface area (Å²) in [5.74, 6) is -1.21. The summed E-state index contributed by atoms with van der Waals surface area (Å²) in [6, 6.07) is 20.9. The highest BCUT2D eigenvalue weighted by Crippen LogP contribution is 2.31. The molecule has 0 fully saturated rings. The quantitative estimate of drug-likeness (QED) is 0.696. The van der Waals surface area contributed by atoms with Gasteiger partial charge in [0.1, 0.15) is 0 Å². The normalized spacial score (nSPS) is 12.8. The molecule has 5 heteroatoms. The van der Waals surface area contributed by atoms with Crippen molar-refractivity contribution in [2.45, 2.75) is 13.3 Å². The Morgan fingerprint density at radius 3 is 2.07 bits per heavy atom. The van der Waals surface area contributed by atoms with Crippen LogP contribution in [0.3, 0.4) is 0 Å². The van der Waals surface area contributed by atoms with Crippen LogP contribution in [0.5, 0.6) is 0 Å². The summed E-state index contributed by atoms with van der Waals surface area (Å²) >= 11 is 0. The van der Waals surface area contributed by atoms with Crippen LogP contribution in [-0.4, -0.2) is 17.7 Å². The lowest BCUT2D eigenvalue weighted by Gasteiger charge is -2.18. The van der Waals surface area contributed by atoms with Gasteiger partial charge in [0.2, 0.25) is 0 Å². The van der Waals surface area contributed by atoms with Crippen LogP contribution in [0.1, 0.15) is 43.6 Å². The number of imide groups is 1. The van der Waals surface area contributed by atoms with E-state index >= 15 is 0 Å². The first kappa shape index (κ1) is 17.7. The highest BCUT2D eigenvalue weighted by Gasteiger charge is 2.37. The molecule has 1 N–H and O–H groups in total. The molecule has 1 aliphatic heterocycles. The Bertz CT molecular complexity index is 1070. The third-order valence-electron chi connectivity index (χ3n) is 4.83. The van der Waals surface area contributed by atoms with Crippen molar-refractivity contribution in [1.82, 2.24) is 0 Å². The minimum atomic E-state index is -0.421. The molecule has 3 amide bonds. The third-order valence-corrected chi connectivity index (χ3v) is 4.83. The van der Waals surface area contributed by atoms with Gasteiger partial charge in [-0.2, -0.15) is 0 Å². The second kappa shape index (κ2) is 7.12. The van der Waals surface area contributed by atoms with Gasteiger partial charge in [-0.3, -0.25) is 14.4 Å². The molecular weight excluding hydrogens is 352 g/mol. The fourth-order valence-electron chi connectivity index (χ4n) is 3.41. The number of rotatable bonds is 4. The molecule has 1 heterocycles. The van der Waals surface area contributed by atoms with E-state index in [9.17, 15) is 14.4 Å². The molecule has 138 valence electrons. The van der Waals surface area contributed by atoms with Crippen molar-refractivity contribution in [1.29, 1.82) is 0 Å². The molecule has 0 bridgehead atoms. The molecule has 4 rings (SSSR count). The molecular formula is C23H18N2O3. The predicted octanol–water partition coefficient (Wildman–Crippen LogP) is 4.30. The SMILES string of the molecule is CCc1ccccc1NC(=O)c1ccccc1N1C(=O)c2ccccc2C1=O. The van der Waals surface area contributed by atoms with E-state index < -0.39 is 11.8 Å². The second-order valence-electron chi connectivity index (χ2n) is 6.47. The van der Waals surface area contributed by atoms with Gasteiger partial charge in [-0.25, -0.2) is 4.90 Å². The monoisotopic (exact) mass is 370 g/mol. The van der Waals surface area contributed by atoms with Crippen molar-refractivity contribution >= 4 is 29.1 Å². The number of carbonyl (C=O) groups is 3. The number of aryl methyl sites for hydroxylation is 1. The van der Waals surface area contributed by atoms with Crippen LogP contribution in [-0.2, 0) is 6.42 Å². The Morgan fingerprint density at radius 2 is 1.39 bits per heavy atom. The summed E-state index contributed by atoms with van der Waals surface area (Å²) in [6.45, 7) is 2.01. The maximum atomic E-state index is 13.0. The number of fused-ring (bicyclic) bond motifs is 1. The lowest BCUT2D eigenvalue weighted by atomic mass is 10.1. The van der Waals surface area contributed by atoms with E-state index in [-0.39, 0.29) is 17.2 Å². The van der Waals surface area contributed by atoms with E-state index in [2.05, 4.69) is 5.32 Å². The standard InChI is InChI=1S/C23H18N2O3/c1-2-15-9-3-7-13-19(15)24-21(26)18-12-6-8-14-20(18)25-22(27)16-10-4-5-11-17(16)23(25)28/h3-14H,2H2,1H3,(H,24,26). The number of benzene rings is 3. The maximum Gasteiger partial charge on any atom is 0.266 e. The number of amides is 3. The Hall–Kier alpha value is -3.73. The molecule has 1 aliphatic rings. The number of hydrogen-bond donors (Lipinski definition) is 1. The Morgan fingerprint density at radius 1 is 0.821 bits per heavy atom. The van der Waals surface area contributed by atoms with E-state index in [1.54, 1.807) is 48.5 Å². The van der Waals surface area contributed by atoms with Crippen molar-refractivity contribution < 1.29 is 14.4 Å². The number of nitrogens with one attached hydrogen (secondary N) is 1. The van der Waals surface area contributed by atoms with Gasteiger partial charge >= 0.3 is 0 Å². The Labute approximate surface area is 162 Å². The molecule has 0 saturated heterocycles. The second-order valence-corrected chi connectivity index (χ2v) is 6.47. The van der Waals surface area contributed by atoms with Crippen LogP contribution in [0.25, 0.3) is 0 Å². The first-order valence-electron chi connectivity index (χ1n) is 9.08. The molecule has 3 aromatic carbocycles. The lowest BCUT2D eigenvalue weighted by Crippen LogP contribution is -2.31. The van der Waals surface area contributed by atoms with Crippen LogP contribution in [0, 0.1) is 0 Å². The summed E-state index contributed by atoms with van der Waals surface area (Å²) in [7, 11) is 0. The molecule has 0 saturated carbocycles. The summed E-state index contributed by atoms with van der Waals surface area (Å²) in [5.41, 5.74) is 2.96. The van der Waals surface area contributed by atoms with Crippen LogP contribution < -0.4 is 10.2 Å². The highest BCUT2D eigenvalue weighted by molar-refractivity contribution is 6.35. The van der Waals surface area contributed by atoms with E-state index in [4.69, 9.17) is 0 Å². The number of para-hydroxylation sites is 2. The molecule has 0 aliphatic carbocycles. The van der Waals surface area contributed by atoms with Crippen molar-refractivity contribution in [3.05, 3.63) is 95.1 Å². The largest absolute Gasteiger partial charge is 0.322 e. The zero-order chi connectivity index (χ0) is 19.7. The summed E-state index contributed by atoms with van der Waals surface area (Å²) in [5, 5.41) is 2.90. The zero-order valence-corrected chi connectivity index (χ0v) is 15.3. The van der Waals surface area contributed by atoms with Crippen molar-refractivity contribution in [3.8, 4) is 0 Å². The molecule has 0 spiro atoms. The maximum absolute atomic E-state index is 13.0. The van der Waals surface area contributed by atoms with Crippen LogP contribution in [0.2, 0.25) is 0 Å². The molecule has 0 atom stereocenters. The van der Waals surface area contributed by atoms with E-state index in [0.717, 1.165) is 16.9 Å². The minimum Gasteiger partial charge on any atom is -0.322 e. The smallest absolute Gasteiger partial charge is 0.266 e. The topological polar surface area (TPSA) is 66.5 Å². The van der Waals surface area contributed by atoms with Crippen LogP contribution >= 0.6 is 0 Å². The van der Waals surface area contributed by atoms with Gasteiger partial charge in [-0.15, -0.1) is 0 Å². The number of hydrogen-bond acceptors (Lipinski definition) is 3. The summed E-state index contributed by atoms with van der Waals surface area (Å²) < 4.78 is 0. The van der Waals surface area contributed by atoms with E-state index in [0.29, 0.717) is 16.8 Å². The van der Waals surface area contributed by atoms with Crippen LogP contribution in [0.15, 0.2) is 72.8 Å². The van der Waals surface area contributed by atoms with Gasteiger partial charge < -0.3 is 5.32 Å². The first-order chi connectivity index (χ1) is 13.6. The number of nitrogens with zero attached hydrogens (tertiary/aromatic N) is 1. The average molecular weight is 370 g/mol. The molecule has 0 radical (unpaired) electrons. The Balaban J connectivity index is 1.71. The molecule has 3 aromatic rings. The fraction of sp³-hybridized carbons (Fsp3) is 0.0870. The number of anilines is 2. The van der Waals surface area contributed by atoms with Crippen LogP contribution in [0.4, 0.5) is 11.4 Å². The number of carbonyl (C=O) groups excluding carboxylic acids is 3. The third kappa shape index (κ3) is 2.87. The molecule has 0 aromatic heterocycles. The predicted molar refractivity (Wildman–Crippen MR) is 108 cm³/mol. The van der Waals surface area contributed by atoms with Gasteiger partial charge in [-0.1, -0.05) is 49.4 Å². The highest BCUT2D eigenvalue weighted by atomic mass is 16.2. The fourth-order valence-corrected chi connectivity index (χ4v) is 3.41. The molecule has 0 unspecified atom stereocenters. The van der Waals surface area contributed by atoms with Gasteiger partial charge in [0, 0.05) is 5.69 Å². The molecule has 28 heavy (non-hydrogen) atoms. The van der Waals surface area contributed by atoms with E-state index in [1.165, 1.54) is 0 Å². The Kier molecular flexibility index (Phi) is 4.49. The minimum absolute atomic E-state index is 0.267. The lowest BCUT2D eigenvalue weighted by molar-refractivity contribution is 0.0926. The summed E-state index contributed by atoms with van der Waals surface area (Å²) in [4.78, 5) is 39.7. The van der Waals surface area contributed by atoms with Crippen molar-refractivity contribution in [2.75, 3.05) is 10.2 Å². The molecule has 5 nitrogen and oxygen atoms in total. The van der Waals surface area contributed by atoms with Crippen molar-refractivity contribution in [2.24, 2.45) is 0 Å². The van der Waals surface area contributed by atoms with E-state index in [1.807, 2.05) is 31.2 Å². The first-order valence-corrected chi connectivity index (χ1v) is 9.08. The van der Waals surface area contributed by atoms with Gasteiger partial charge in [0.05, 0.1) is 22.4 Å². The van der Waals surface area contributed by atoms with Crippen molar-refractivity contribution in [3.63, 3.8) is 0 Å². The average Bonchev–Trinajstić information content (AvgIpc) is 2.99. The van der Waals surface area contributed by atoms with Gasteiger partial charge in [0.25, 0.3) is 17.7 Å².